The first-order valence-electron chi connectivity index (χ1n) is 11.9. The highest BCUT2D eigenvalue weighted by Crippen LogP contribution is 2.32. The minimum Gasteiger partial charge on any atom is -0.368 e. The minimum absolute atomic E-state index is 0.0412. The van der Waals surface area contributed by atoms with Crippen molar-refractivity contribution in [3.05, 3.63) is 59.7 Å². The number of benzene rings is 1. The van der Waals surface area contributed by atoms with Crippen LogP contribution in [0.3, 0.4) is 0 Å². The Morgan fingerprint density at radius 3 is 2.44 bits per heavy atom. The second-order valence-electron chi connectivity index (χ2n) is 9.30. The number of carbonyl (C=O) groups excluding carboxylic acids is 1. The lowest BCUT2D eigenvalue weighted by Crippen LogP contribution is -2.48. The van der Waals surface area contributed by atoms with Crippen molar-refractivity contribution in [3.63, 3.8) is 0 Å². The highest BCUT2D eigenvalue weighted by atomic mass is 32.2. The van der Waals surface area contributed by atoms with E-state index in [9.17, 15) is 13.2 Å². The van der Waals surface area contributed by atoms with E-state index >= 15 is 4.39 Å². The summed E-state index contributed by atoms with van der Waals surface area (Å²) in [6.45, 7) is 6.02. The quantitative estimate of drug-likeness (QED) is 0.624. The van der Waals surface area contributed by atoms with Gasteiger partial charge in [0.2, 0.25) is 15.9 Å². The van der Waals surface area contributed by atoms with Gasteiger partial charge in [0.1, 0.15) is 5.82 Å². The van der Waals surface area contributed by atoms with Crippen LogP contribution in [-0.2, 0) is 27.8 Å². The largest absolute Gasteiger partial charge is 0.368 e. The highest BCUT2D eigenvalue weighted by Gasteiger charge is 2.39. The zero-order valence-electron chi connectivity index (χ0n) is 19.9. The lowest BCUT2D eigenvalue weighted by molar-refractivity contribution is -0.129. The van der Waals surface area contributed by atoms with Crippen molar-refractivity contribution in [1.29, 1.82) is 0 Å². The average Bonchev–Trinajstić information content (AvgIpc) is 2.82. The Morgan fingerprint density at radius 2 is 1.79 bits per heavy atom. The smallest absolute Gasteiger partial charge is 0.219 e. The SMILES string of the molecule is CC(=O)N1CCN(c2ccc(CN3C(C)CCC(CCc4ccncc4)S3(=O)=O)c(F)c2)CC1. The molecule has 184 valence electrons. The van der Waals surface area contributed by atoms with E-state index in [1.807, 2.05) is 25.1 Å². The van der Waals surface area contributed by atoms with Crippen LogP contribution >= 0.6 is 0 Å². The summed E-state index contributed by atoms with van der Waals surface area (Å²) in [5, 5.41) is -0.461. The monoisotopic (exact) mass is 488 g/mol. The first-order chi connectivity index (χ1) is 16.3. The van der Waals surface area contributed by atoms with Gasteiger partial charge in [-0.15, -0.1) is 0 Å². The number of piperazine rings is 1. The molecule has 0 bridgehead atoms. The van der Waals surface area contributed by atoms with Crippen LogP contribution in [0.15, 0.2) is 42.7 Å². The van der Waals surface area contributed by atoms with Gasteiger partial charge in [-0.3, -0.25) is 9.78 Å². The Bertz CT molecular complexity index is 1100. The van der Waals surface area contributed by atoms with Gasteiger partial charge in [-0.25, -0.2) is 12.8 Å². The molecule has 0 aliphatic carbocycles. The van der Waals surface area contributed by atoms with Crippen LogP contribution in [-0.4, -0.2) is 66.0 Å². The van der Waals surface area contributed by atoms with E-state index in [2.05, 4.69) is 9.88 Å². The lowest BCUT2D eigenvalue weighted by atomic mass is 10.0. The number of hydrogen-bond acceptors (Lipinski definition) is 5. The zero-order chi connectivity index (χ0) is 24.3. The maximum atomic E-state index is 15.1. The molecule has 1 aromatic heterocycles. The molecule has 0 radical (unpaired) electrons. The summed E-state index contributed by atoms with van der Waals surface area (Å²) in [6.07, 6.45) is 6.04. The molecule has 3 heterocycles. The Hall–Kier alpha value is -2.52. The fraction of sp³-hybridized carbons (Fsp3) is 0.520. The number of nitrogens with zero attached hydrogens (tertiary/aromatic N) is 4. The van der Waals surface area contributed by atoms with Crippen LogP contribution in [0.2, 0.25) is 0 Å². The van der Waals surface area contributed by atoms with Crippen LogP contribution < -0.4 is 4.90 Å². The number of amides is 1. The molecule has 4 rings (SSSR count). The summed E-state index contributed by atoms with van der Waals surface area (Å²) in [5.74, 6) is -0.343. The Morgan fingerprint density at radius 1 is 1.09 bits per heavy atom. The van der Waals surface area contributed by atoms with Crippen molar-refractivity contribution in [2.75, 3.05) is 31.1 Å². The van der Waals surface area contributed by atoms with Gasteiger partial charge in [0.05, 0.1) is 5.25 Å². The number of aromatic nitrogens is 1. The molecule has 2 atom stereocenters. The molecule has 2 aliphatic heterocycles. The van der Waals surface area contributed by atoms with Crippen LogP contribution in [0.5, 0.6) is 0 Å². The number of anilines is 1. The molecule has 1 amide bonds. The fourth-order valence-electron chi connectivity index (χ4n) is 4.89. The molecule has 34 heavy (non-hydrogen) atoms. The molecule has 1 aromatic carbocycles. The molecule has 0 N–H and O–H groups in total. The van der Waals surface area contributed by atoms with E-state index in [1.165, 1.54) is 10.4 Å². The standard InChI is InChI=1S/C25H33FN4O3S/c1-19-3-7-24(8-4-21-9-11-27-12-10-21)34(32,33)30(19)18-22-5-6-23(17-25(22)26)29-15-13-28(14-16-29)20(2)31/h5-6,9-12,17,19,24H,3-4,7-8,13-16,18H2,1-2H3. The first-order valence-corrected chi connectivity index (χ1v) is 13.4. The number of pyridine rings is 1. The van der Waals surface area contributed by atoms with Gasteiger partial charge in [-0.05, 0) is 62.4 Å². The molecule has 9 heteroatoms. The van der Waals surface area contributed by atoms with E-state index < -0.39 is 21.1 Å². The van der Waals surface area contributed by atoms with Crippen molar-refractivity contribution in [2.24, 2.45) is 0 Å². The minimum atomic E-state index is -3.54. The van der Waals surface area contributed by atoms with Crippen LogP contribution in [0, 0.1) is 5.82 Å². The summed E-state index contributed by atoms with van der Waals surface area (Å²) in [4.78, 5) is 19.4. The van der Waals surface area contributed by atoms with Gasteiger partial charge in [-0.2, -0.15) is 4.31 Å². The van der Waals surface area contributed by atoms with Gasteiger partial charge in [0.25, 0.3) is 0 Å². The summed E-state index contributed by atoms with van der Waals surface area (Å²) in [5.41, 5.74) is 2.21. The molecular weight excluding hydrogens is 455 g/mol. The zero-order valence-corrected chi connectivity index (χ0v) is 20.7. The number of aryl methyl sites for hydroxylation is 1. The van der Waals surface area contributed by atoms with Crippen molar-refractivity contribution >= 4 is 21.6 Å². The predicted molar refractivity (Wildman–Crippen MR) is 130 cm³/mol. The molecule has 0 saturated carbocycles. The second-order valence-corrected chi connectivity index (χ2v) is 11.5. The number of rotatable bonds is 6. The van der Waals surface area contributed by atoms with Crippen molar-refractivity contribution in [1.82, 2.24) is 14.2 Å². The van der Waals surface area contributed by atoms with E-state index in [4.69, 9.17) is 0 Å². The maximum absolute atomic E-state index is 15.1. The molecule has 0 spiro atoms. The molecule has 2 aromatic rings. The number of halogens is 1. The Labute approximate surface area is 201 Å². The van der Waals surface area contributed by atoms with Gasteiger partial charge in [-0.1, -0.05) is 6.07 Å². The van der Waals surface area contributed by atoms with Crippen LogP contribution in [0.4, 0.5) is 10.1 Å². The van der Waals surface area contributed by atoms with E-state index in [-0.39, 0.29) is 18.5 Å². The third-order valence-corrected chi connectivity index (χ3v) is 9.56. The topological polar surface area (TPSA) is 73.8 Å². The van der Waals surface area contributed by atoms with Crippen LogP contribution in [0.1, 0.15) is 44.2 Å². The highest BCUT2D eigenvalue weighted by molar-refractivity contribution is 7.89. The molecule has 2 aliphatic rings. The number of carbonyl (C=O) groups is 1. The van der Waals surface area contributed by atoms with Crippen molar-refractivity contribution in [3.8, 4) is 0 Å². The van der Waals surface area contributed by atoms with Crippen molar-refractivity contribution in [2.45, 2.75) is 57.4 Å². The van der Waals surface area contributed by atoms with E-state index in [1.54, 1.807) is 30.3 Å². The van der Waals surface area contributed by atoms with Gasteiger partial charge < -0.3 is 9.80 Å². The van der Waals surface area contributed by atoms with Gasteiger partial charge in [0.15, 0.2) is 0 Å². The van der Waals surface area contributed by atoms with Gasteiger partial charge >= 0.3 is 0 Å². The van der Waals surface area contributed by atoms with E-state index in [0.29, 0.717) is 51.0 Å². The fourth-order valence-corrected chi connectivity index (χ4v) is 7.05. The number of hydrogen-bond donors (Lipinski definition) is 0. The van der Waals surface area contributed by atoms with E-state index in [0.717, 1.165) is 17.7 Å². The third kappa shape index (κ3) is 5.41. The molecular formula is C25H33FN4O3S. The molecule has 7 nitrogen and oxygen atoms in total. The third-order valence-electron chi connectivity index (χ3n) is 7.10. The summed E-state index contributed by atoms with van der Waals surface area (Å²) in [7, 11) is -3.54. The maximum Gasteiger partial charge on any atom is 0.219 e. The van der Waals surface area contributed by atoms with Crippen LogP contribution in [0.25, 0.3) is 0 Å². The second kappa shape index (κ2) is 10.4. The summed E-state index contributed by atoms with van der Waals surface area (Å²) < 4.78 is 43.4. The average molecular weight is 489 g/mol. The van der Waals surface area contributed by atoms with Gasteiger partial charge in [0, 0.05) is 69.3 Å². The Kier molecular flexibility index (Phi) is 7.52. The normalized spacial score (nSPS) is 23.1. The predicted octanol–water partition coefficient (Wildman–Crippen LogP) is 3.20. The molecule has 2 saturated heterocycles. The number of sulfonamides is 1. The molecule has 2 unspecified atom stereocenters. The summed E-state index contributed by atoms with van der Waals surface area (Å²) in [6, 6.07) is 8.69. The van der Waals surface area contributed by atoms with Crippen molar-refractivity contribution < 1.29 is 17.6 Å². The Balaban J connectivity index is 1.43. The lowest BCUT2D eigenvalue weighted by Gasteiger charge is -2.38. The summed E-state index contributed by atoms with van der Waals surface area (Å²) >= 11 is 0. The first kappa shape index (κ1) is 24.6. The molecule has 2 fully saturated rings.